The molecule has 0 bridgehead atoms. The van der Waals surface area contributed by atoms with Gasteiger partial charge in [0.25, 0.3) is 0 Å². The minimum absolute atomic E-state index is 0.142. The van der Waals surface area contributed by atoms with Crippen molar-refractivity contribution in [2.45, 2.75) is 45.6 Å². The lowest BCUT2D eigenvalue weighted by molar-refractivity contribution is -0.152. The molecule has 0 fully saturated rings. The average Bonchev–Trinajstić information content (AvgIpc) is 2.16. The lowest BCUT2D eigenvalue weighted by Gasteiger charge is -2.16. The standard InChI is InChI=1S/C11H17NO4/c1-8(10(14)15)5-4-6-9(13)16-11(2,3)7-12/h8H,4-6H2,1-3H3,(H,14,15). The van der Waals surface area contributed by atoms with Gasteiger partial charge >= 0.3 is 11.9 Å². The fourth-order valence-corrected chi connectivity index (χ4v) is 1.03. The predicted molar refractivity (Wildman–Crippen MR) is 56.4 cm³/mol. The van der Waals surface area contributed by atoms with Crippen LogP contribution in [-0.2, 0) is 14.3 Å². The summed E-state index contributed by atoms with van der Waals surface area (Å²) in [5.41, 5.74) is -1.12. The summed E-state index contributed by atoms with van der Waals surface area (Å²) in [7, 11) is 0. The van der Waals surface area contributed by atoms with Crippen LogP contribution in [0.4, 0.5) is 0 Å². The van der Waals surface area contributed by atoms with Gasteiger partial charge in [0.15, 0.2) is 5.60 Å². The topological polar surface area (TPSA) is 87.4 Å². The van der Waals surface area contributed by atoms with Crippen LogP contribution in [0.5, 0.6) is 0 Å². The van der Waals surface area contributed by atoms with Gasteiger partial charge in [-0.3, -0.25) is 9.59 Å². The van der Waals surface area contributed by atoms with Gasteiger partial charge in [0.2, 0.25) is 0 Å². The van der Waals surface area contributed by atoms with Crippen LogP contribution in [0.15, 0.2) is 0 Å². The zero-order valence-electron chi connectivity index (χ0n) is 9.82. The van der Waals surface area contributed by atoms with Crippen molar-refractivity contribution >= 4 is 11.9 Å². The Balaban J connectivity index is 3.84. The normalized spacial score (nSPS) is 12.6. The Kier molecular flexibility index (Phi) is 5.51. The molecule has 1 unspecified atom stereocenters. The van der Waals surface area contributed by atoms with E-state index in [-0.39, 0.29) is 6.42 Å². The second-order valence-corrected chi connectivity index (χ2v) is 4.23. The third kappa shape index (κ3) is 6.02. The van der Waals surface area contributed by atoms with Gasteiger partial charge in [-0.05, 0) is 26.7 Å². The van der Waals surface area contributed by atoms with Crippen LogP contribution in [0.1, 0.15) is 40.0 Å². The van der Waals surface area contributed by atoms with E-state index >= 15 is 0 Å². The van der Waals surface area contributed by atoms with Crippen molar-refractivity contribution in [3.8, 4) is 6.07 Å². The van der Waals surface area contributed by atoms with Gasteiger partial charge < -0.3 is 9.84 Å². The van der Waals surface area contributed by atoms with Gasteiger partial charge in [0.05, 0.1) is 5.92 Å². The number of nitriles is 1. The first-order valence-corrected chi connectivity index (χ1v) is 5.14. The highest BCUT2D eigenvalue weighted by Crippen LogP contribution is 2.12. The monoisotopic (exact) mass is 227 g/mol. The van der Waals surface area contributed by atoms with E-state index in [1.165, 1.54) is 13.8 Å². The van der Waals surface area contributed by atoms with Gasteiger partial charge in [-0.15, -0.1) is 0 Å². The van der Waals surface area contributed by atoms with Crippen molar-refractivity contribution in [2.24, 2.45) is 5.92 Å². The summed E-state index contributed by atoms with van der Waals surface area (Å²) in [6.45, 7) is 4.60. The van der Waals surface area contributed by atoms with E-state index in [0.717, 1.165) is 0 Å². The summed E-state index contributed by atoms with van der Waals surface area (Å²) >= 11 is 0. The van der Waals surface area contributed by atoms with Crippen molar-refractivity contribution < 1.29 is 19.4 Å². The Morgan fingerprint density at radius 1 is 1.50 bits per heavy atom. The molecule has 0 radical (unpaired) electrons. The Hall–Kier alpha value is -1.57. The quantitative estimate of drug-likeness (QED) is 0.698. The fourth-order valence-electron chi connectivity index (χ4n) is 1.03. The molecule has 0 saturated heterocycles. The fraction of sp³-hybridized carbons (Fsp3) is 0.727. The van der Waals surface area contributed by atoms with Gasteiger partial charge in [0.1, 0.15) is 6.07 Å². The SMILES string of the molecule is CC(CCCC(=O)OC(C)(C)C#N)C(=O)O. The molecule has 1 N–H and O–H groups in total. The molecule has 0 aromatic carbocycles. The molecular formula is C11H17NO4. The van der Waals surface area contributed by atoms with E-state index in [0.29, 0.717) is 12.8 Å². The van der Waals surface area contributed by atoms with Crippen molar-refractivity contribution in [1.82, 2.24) is 0 Å². The van der Waals surface area contributed by atoms with Crippen LogP contribution in [0.2, 0.25) is 0 Å². The van der Waals surface area contributed by atoms with Gasteiger partial charge in [-0.25, -0.2) is 0 Å². The van der Waals surface area contributed by atoms with E-state index in [9.17, 15) is 9.59 Å². The van der Waals surface area contributed by atoms with Crippen LogP contribution < -0.4 is 0 Å². The van der Waals surface area contributed by atoms with Crippen LogP contribution in [0.25, 0.3) is 0 Å². The number of nitrogens with zero attached hydrogens (tertiary/aromatic N) is 1. The van der Waals surface area contributed by atoms with Crippen LogP contribution in [0.3, 0.4) is 0 Å². The smallest absolute Gasteiger partial charge is 0.307 e. The first kappa shape index (κ1) is 14.4. The molecule has 90 valence electrons. The lowest BCUT2D eigenvalue weighted by atomic mass is 10.0. The van der Waals surface area contributed by atoms with Crippen LogP contribution >= 0.6 is 0 Å². The Morgan fingerprint density at radius 2 is 2.06 bits per heavy atom. The third-order valence-corrected chi connectivity index (χ3v) is 2.08. The van der Waals surface area contributed by atoms with Gasteiger partial charge in [-0.1, -0.05) is 6.92 Å². The molecule has 0 aromatic rings. The summed E-state index contributed by atoms with van der Waals surface area (Å²) < 4.78 is 4.88. The van der Waals surface area contributed by atoms with E-state index in [4.69, 9.17) is 15.1 Å². The lowest BCUT2D eigenvalue weighted by Crippen LogP contribution is -2.25. The second kappa shape index (κ2) is 6.11. The Bertz CT molecular complexity index is 304. The predicted octanol–water partition coefficient (Wildman–Crippen LogP) is 1.72. The van der Waals surface area contributed by atoms with Crippen LogP contribution in [0, 0.1) is 17.2 Å². The molecule has 5 heteroatoms. The summed E-state index contributed by atoms with van der Waals surface area (Å²) in [4.78, 5) is 21.7. The van der Waals surface area contributed by atoms with Crippen molar-refractivity contribution in [1.29, 1.82) is 5.26 Å². The highest BCUT2D eigenvalue weighted by Gasteiger charge is 2.21. The highest BCUT2D eigenvalue weighted by atomic mass is 16.6. The van der Waals surface area contributed by atoms with E-state index in [1.54, 1.807) is 6.92 Å². The molecule has 16 heavy (non-hydrogen) atoms. The number of rotatable bonds is 6. The molecule has 0 heterocycles. The Labute approximate surface area is 95.0 Å². The maximum Gasteiger partial charge on any atom is 0.307 e. The summed E-state index contributed by atoms with van der Waals surface area (Å²) in [5, 5.41) is 17.2. The molecule has 5 nitrogen and oxygen atoms in total. The van der Waals surface area contributed by atoms with Crippen molar-refractivity contribution in [3.63, 3.8) is 0 Å². The number of carbonyl (C=O) groups excluding carboxylic acids is 1. The third-order valence-electron chi connectivity index (χ3n) is 2.08. The van der Waals surface area contributed by atoms with Gasteiger partial charge in [-0.2, -0.15) is 5.26 Å². The first-order valence-electron chi connectivity index (χ1n) is 5.14. The molecule has 0 aromatic heterocycles. The van der Waals surface area contributed by atoms with Crippen molar-refractivity contribution in [3.05, 3.63) is 0 Å². The average molecular weight is 227 g/mol. The molecule has 0 aliphatic rings. The number of esters is 1. The molecule has 0 aliphatic heterocycles. The maximum atomic E-state index is 11.2. The van der Waals surface area contributed by atoms with E-state index in [1.807, 2.05) is 6.07 Å². The number of hydrogen-bond acceptors (Lipinski definition) is 4. The molecule has 0 aliphatic carbocycles. The molecule has 0 spiro atoms. The second-order valence-electron chi connectivity index (χ2n) is 4.23. The van der Waals surface area contributed by atoms with Gasteiger partial charge in [0, 0.05) is 6.42 Å². The zero-order chi connectivity index (χ0) is 12.8. The zero-order valence-corrected chi connectivity index (χ0v) is 9.82. The number of carboxylic acid groups (broad SMARTS) is 1. The minimum atomic E-state index is -1.12. The highest BCUT2D eigenvalue weighted by molar-refractivity contribution is 5.71. The molecule has 0 amide bonds. The molecule has 0 saturated carbocycles. The van der Waals surface area contributed by atoms with E-state index in [2.05, 4.69) is 0 Å². The molecule has 0 rings (SSSR count). The number of aliphatic carboxylic acids is 1. The summed E-state index contributed by atoms with van der Waals surface area (Å²) in [6, 6.07) is 1.85. The first-order chi connectivity index (χ1) is 7.28. The largest absolute Gasteiger partial charge is 0.481 e. The number of carboxylic acids is 1. The maximum absolute atomic E-state index is 11.2. The number of carbonyl (C=O) groups is 2. The number of ether oxygens (including phenoxy) is 1. The van der Waals surface area contributed by atoms with E-state index < -0.39 is 23.5 Å². The minimum Gasteiger partial charge on any atom is -0.481 e. The molecular weight excluding hydrogens is 210 g/mol. The van der Waals surface area contributed by atoms with Crippen LogP contribution in [-0.4, -0.2) is 22.6 Å². The molecule has 1 atom stereocenters. The Morgan fingerprint density at radius 3 is 2.50 bits per heavy atom. The van der Waals surface area contributed by atoms with Crippen molar-refractivity contribution in [2.75, 3.05) is 0 Å². The summed E-state index contributed by atoms with van der Waals surface area (Å²) in [6.07, 6.45) is 1.02. The summed E-state index contributed by atoms with van der Waals surface area (Å²) in [5.74, 6) is -1.80. The number of hydrogen-bond donors (Lipinski definition) is 1.